The molecule has 0 amide bonds. The van der Waals surface area contributed by atoms with E-state index >= 15 is 0 Å². The highest BCUT2D eigenvalue weighted by Gasteiger charge is 2.44. The Morgan fingerprint density at radius 2 is 2.06 bits per heavy atom. The molecule has 162 valence electrons. The molecule has 2 aromatic heterocycles. The highest BCUT2D eigenvalue weighted by Crippen LogP contribution is 2.35. The number of fused-ring (bicyclic) bond motifs is 2. The summed E-state index contributed by atoms with van der Waals surface area (Å²) in [5, 5.41) is 41.2. The lowest BCUT2D eigenvalue weighted by molar-refractivity contribution is -0.385. The number of imidazole rings is 1. The maximum Gasteiger partial charge on any atom is 0.274 e. The SMILES string of the molecule is O=[N+]([O-])c1cccc2c1CN(c1ncnc3c1ncn3[C@@H]1O[C@H](CO)[C@@H](O)[C@H]1O)CC2. The number of benzene rings is 1. The van der Waals surface area contributed by atoms with Crippen LogP contribution in [-0.2, 0) is 17.7 Å². The van der Waals surface area contributed by atoms with E-state index in [0.717, 1.165) is 5.56 Å². The molecule has 3 N–H and O–H groups in total. The van der Waals surface area contributed by atoms with Gasteiger partial charge in [-0.2, -0.15) is 0 Å². The van der Waals surface area contributed by atoms with Crippen molar-refractivity contribution in [3.8, 4) is 0 Å². The van der Waals surface area contributed by atoms with Crippen LogP contribution in [0.2, 0.25) is 0 Å². The van der Waals surface area contributed by atoms with Crippen molar-refractivity contribution in [1.82, 2.24) is 19.5 Å². The van der Waals surface area contributed by atoms with Crippen molar-refractivity contribution >= 4 is 22.7 Å². The molecule has 0 spiro atoms. The predicted molar refractivity (Wildman–Crippen MR) is 106 cm³/mol. The second kappa shape index (κ2) is 7.50. The summed E-state index contributed by atoms with van der Waals surface area (Å²) in [6, 6.07) is 5.08. The summed E-state index contributed by atoms with van der Waals surface area (Å²) >= 11 is 0. The van der Waals surface area contributed by atoms with Crippen molar-refractivity contribution in [3.63, 3.8) is 0 Å². The Hall–Kier alpha value is -3.19. The van der Waals surface area contributed by atoms with Gasteiger partial charge in [-0.3, -0.25) is 14.7 Å². The zero-order valence-corrected chi connectivity index (χ0v) is 16.3. The molecule has 1 fully saturated rings. The van der Waals surface area contributed by atoms with Gasteiger partial charge in [0.1, 0.15) is 24.6 Å². The third-order valence-corrected chi connectivity index (χ3v) is 5.88. The van der Waals surface area contributed by atoms with Crippen LogP contribution in [-0.4, -0.2) is 71.2 Å². The molecule has 0 saturated carbocycles. The third-order valence-electron chi connectivity index (χ3n) is 5.88. The van der Waals surface area contributed by atoms with Gasteiger partial charge in [0.25, 0.3) is 5.69 Å². The zero-order chi connectivity index (χ0) is 21.7. The van der Waals surface area contributed by atoms with E-state index in [1.165, 1.54) is 23.3 Å². The molecule has 0 aliphatic carbocycles. The first kappa shape index (κ1) is 19.8. The van der Waals surface area contributed by atoms with Gasteiger partial charge in [-0.15, -0.1) is 0 Å². The molecular formula is C19H20N6O6. The van der Waals surface area contributed by atoms with Crippen LogP contribution >= 0.6 is 0 Å². The van der Waals surface area contributed by atoms with Crippen LogP contribution < -0.4 is 4.90 Å². The first-order valence-corrected chi connectivity index (χ1v) is 9.79. The molecule has 12 heteroatoms. The standard InChI is InChI=1S/C19H20N6O6/c26-7-13-15(27)16(28)19(31-13)24-9-22-14-17(20-8-21-18(14)24)23-5-4-10-2-1-3-12(25(29)30)11(10)6-23/h1-3,8-9,13,15-16,19,26-28H,4-7H2/t13-,15-,16-,19-/m1/s1. The van der Waals surface area contributed by atoms with Crippen molar-refractivity contribution in [2.75, 3.05) is 18.1 Å². The molecule has 0 radical (unpaired) electrons. The second-order valence-corrected chi connectivity index (χ2v) is 7.59. The summed E-state index contributed by atoms with van der Waals surface area (Å²) in [5.74, 6) is 0.513. The van der Waals surface area contributed by atoms with Crippen LogP contribution in [0.25, 0.3) is 11.2 Å². The molecule has 12 nitrogen and oxygen atoms in total. The predicted octanol–water partition coefficient (Wildman–Crippen LogP) is -0.0913. The summed E-state index contributed by atoms with van der Waals surface area (Å²) in [6.07, 6.45) is -0.987. The Bertz CT molecular complexity index is 1150. The summed E-state index contributed by atoms with van der Waals surface area (Å²) in [7, 11) is 0. The van der Waals surface area contributed by atoms with Crippen molar-refractivity contribution in [3.05, 3.63) is 52.1 Å². The fourth-order valence-corrected chi connectivity index (χ4v) is 4.28. The Morgan fingerprint density at radius 1 is 1.23 bits per heavy atom. The normalized spacial score (nSPS) is 25.7. The van der Waals surface area contributed by atoms with Gasteiger partial charge in [-0.1, -0.05) is 12.1 Å². The van der Waals surface area contributed by atoms with E-state index in [4.69, 9.17) is 4.74 Å². The zero-order valence-electron chi connectivity index (χ0n) is 16.3. The van der Waals surface area contributed by atoms with E-state index < -0.39 is 31.1 Å². The maximum absolute atomic E-state index is 11.5. The van der Waals surface area contributed by atoms with Gasteiger partial charge < -0.3 is 25.0 Å². The largest absolute Gasteiger partial charge is 0.394 e. The van der Waals surface area contributed by atoms with Gasteiger partial charge >= 0.3 is 0 Å². The molecule has 0 bridgehead atoms. The number of aliphatic hydroxyl groups excluding tert-OH is 3. The second-order valence-electron chi connectivity index (χ2n) is 7.59. The Balaban J connectivity index is 1.51. The molecule has 5 rings (SSSR count). The number of nitro benzene ring substituents is 1. The summed E-state index contributed by atoms with van der Waals surface area (Å²) in [5.41, 5.74) is 2.49. The fourth-order valence-electron chi connectivity index (χ4n) is 4.28. The summed E-state index contributed by atoms with van der Waals surface area (Å²) in [6.45, 7) is 0.466. The minimum absolute atomic E-state index is 0.0736. The van der Waals surface area contributed by atoms with Crippen LogP contribution in [0, 0.1) is 10.1 Å². The van der Waals surface area contributed by atoms with E-state index in [0.29, 0.717) is 42.1 Å². The smallest absolute Gasteiger partial charge is 0.274 e. The number of nitro groups is 1. The molecule has 2 aliphatic heterocycles. The lowest BCUT2D eigenvalue weighted by atomic mass is 9.98. The number of rotatable bonds is 4. The van der Waals surface area contributed by atoms with Gasteiger partial charge in [0, 0.05) is 12.6 Å². The molecule has 31 heavy (non-hydrogen) atoms. The third kappa shape index (κ3) is 3.11. The number of nitrogens with zero attached hydrogens (tertiary/aromatic N) is 6. The number of hydrogen-bond donors (Lipinski definition) is 3. The van der Waals surface area contributed by atoms with Crippen LogP contribution in [0.1, 0.15) is 17.4 Å². The minimum Gasteiger partial charge on any atom is -0.394 e. The molecule has 1 saturated heterocycles. The lowest BCUT2D eigenvalue weighted by Gasteiger charge is -2.29. The van der Waals surface area contributed by atoms with E-state index in [1.54, 1.807) is 6.07 Å². The van der Waals surface area contributed by atoms with Gasteiger partial charge in [-0.05, 0) is 12.0 Å². The van der Waals surface area contributed by atoms with E-state index in [1.807, 2.05) is 11.0 Å². The molecule has 4 heterocycles. The Kier molecular flexibility index (Phi) is 4.78. The Labute approximate surface area is 175 Å². The van der Waals surface area contributed by atoms with Crippen molar-refractivity contribution in [2.24, 2.45) is 0 Å². The molecular weight excluding hydrogens is 408 g/mol. The maximum atomic E-state index is 11.5. The molecule has 3 aromatic rings. The number of anilines is 1. The van der Waals surface area contributed by atoms with Crippen LogP contribution in [0.5, 0.6) is 0 Å². The summed E-state index contributed by atoms with van der Waals surface area (Å²) in [4.78, 5) is 26.0. The molecule has 1 aromatic carbocycles. The quantitative estimate of drug-likeness (QED) is 0.378. The number of ether oxygens (including phenoxy) is 1. The first-order chi connectivity index (χ1) is 15.0. The van der Waals surface area contributed by atoms with Crippen molar-refractivity contribution in [2.45, 2.75) is 37.5 Å². The van der Waals surface area contributed by atoms with Crippen molar-refractivity contribution in [1.29, 1.82) is 0 Å². The topological polar surface area (TPSA) is 160 Å². The average molecular weight is 428 g/mol. The number of aromatic nitrogens is 4. The molecule has 2 aliphatic rings. The van der Waals surface area contributed by atoms with Gasteiger partial charge in [0.2, 0.25) is 0 Å². The highest BCUT2D eigenvalue weighted by atomic mass is 16.6. The molecule has 0 unspecified atom stereocenters. The van der Waals surface area contributed by atoms with Crippen LogP contribution in [0.4, 0.5) is 11.5 Å². The van der Waals surface area contributed by atoms with Crippen LogP contribution in [0.15, 0.2) is 30.9 Å². The van der Waals surface area contributed by atoms with E-state index in [9.17, 15) is 25.4 Å². The van der Waals surface area contributed by atoms with Gasteiger partial charge in [-0.25, -0.2) is 15.0 Å². The van der Waals surface area contributed by atoms with E-state index in [-0.39, 0.29) is 10.6 Å². The average Bonchev–Trinajstić information content (AvgIpc) is 3.33. The van der Waals surface area contributed by atoms with Crippen LogP contribution in [0.3, 0.4) is 0 Å². The Morgan fingerprint density at radius 3 is 2.81 bits per heavy atom. The molecule has 4 atom stereocenters. The first-order valence-electron chi connectivity index (χ1n) is 9.79. The monoisotopic (exact) mass is 428 g/mol. The number of hydrogen-bond acceptors (Lipinski definition) is 10. The van der Waals surface area contributed by atoms with Gasteiger partial charge in [0.05, 0.1) is 30.0 Å². The number of aliphatic hydroxyl groups is 3. The van der Waals surface area contributed by atoms with Gasteiger partial charge in [0.15, 0.2) is 23.2 Å². The minimum atomic E-state index is -1.27. The van der Waals surface area contributed by atoms with E-state index in [2.05, 4.69) is 15.0 Å². The fraction of sp³-hybridized carbons (Fsp3) is 0.421. The highest BCUT2D eigenvalue weighted by molar-refractivity contribution is 5.83. The summed E-state index contributed by atoms with van der Waals surface area (Å²) < 4.78 is 7.08. The lowest BCUT2D eigenvalue weighted by Crippen LogP contribution is -2.33. The van der Waals surface area contributed by atoms with Crippen molar-refractivity contribution < 1.29 is 25.0 Å².